The highest BCUT2D eigenvalue weighted by Gasteiger charge is 2.08. The molecule has 0 atom stereocenters. The average molecular weight is 471 g/mol. The molecular formula is C27H28BBrN2. The van der Waals surface area contributed by atoms with E-state index in [1.165, 1.54) is 33.4 Å². The number of benzene rings is 3. The first kappa shape index (κ1) is 22.8. The first-order valence-corrected chi connectivity index (χ1v) is 11.4. The molecular weight excluding hydrogens is 443 g/mol. The van der Waals surface area contributed by atoms with E-state index in [1.807, 2.05) is 18.3 Å². The number of nitrogens with one attached hydrogen (secondary N) is 1. The van der Waals surface area contributed by atoms with Crippen LogP contribution < -0.4 is 0 Å². The van der Waals surface area contributed by atoms with Gasteiger partial charge in [-0.25, -0.2) is 4.98 Å². The van der Waals surface area contributed by atoms with Gasteiger partial charge in [-0.3, -0.25) is 0 Å². The summed E-state index contributed by atoms with van der Waals surface area (Å²) in [7, 11) is 2.19. The van der Waals surface area contributed by atoms with E-state index in [-0.39, 0.29) is 0 Å². The molecule has 1 aromatic heterocycles. The number of allylic oxidation sites excluding steroid dienone is 1. The Morgan fingerprint density at radius 2 is 1.48 bits per heavy atom. The number of aryl methyl sites for hydroxylation is 2. The van der Waals surface area contributed by atoms with E-state index < -0.39 is 0 Å². The van der Waals surface area contributed by atoms with Crippen LogP contribution in [-0.4, -0.2) is 17.8 Å². The molecule has 0 amide bonds. The van der Waals surface area contributed by atoms with Crippen LogP contribution in [0.4, 0.5) is 0 Å². The number of nitrogens with zero attached hydrogens (tertiary/aromatic N) is 1. The Kier molecular flexibility index (Phi) is 8.48. The lowest BCUT2D eigenvalue weighted by Crippen LogP contribution is -1.94. The highest BCUT2D eigenvalue weighted by molar-refractivity contribution is 9.10. The molecule has 4 aromatic rings. The van der Waals surface area contributed by atoms with E-state index in [0.717, 1.165) is 23.0 Å². The molecule has 4 heteroatoms. The molecule has 0 saturated carbocycles. The van der Waals surface area contributed by atoms with Crippen molar-refractivity contribution in [3.05, 3.63) is 129 Å². The maximum Gasteiger partial charge on any atom is 0.110 e. The number of halogens is 1. The van der Waals surface area contributed by atoms with Crippen molar-refractivity contribution in [1.29, 1.82) is 0 Å². The van der Waals surface area contributed by atoms with Gasteiger partial charge in [0.05, 0.1) is 0 Å². The Labute approximate surface area is 195 Å². The lowest BCUT2D eigenvalue weighted by molar-refractivity contribution is 1.03. The highest BCUT2D eigenvalue weighted by Crippen LogP contribution is 2.28. The summed E-state index contributed by atoms with van der Waals surface area (Å²) in [6.07, 6.45) is 7.85. The summed E-state index contributed by atoms with van der Waals surface area (Å²) in [5.74, 6) is 1.00. The van der Waals surface area contributed by atoms with Crippen molar-refractivity contribution < 1.29 is 0 Å². The molecule has 0 radical (unpaired) electrons. The number of rotatable bonds is 5. The lowest BCUT2D eigenvalue weighted by Gasteiger charge is -2.13. The van der Waals surface area contributed by atoms with Gasteiger partial charge in [-0.15, -0.1) is 0 Å². The van der Waals surface area contributed by atoms with Gasteiger partial charge >= 0.3 is 0 Å². The summed E-state index contributed by atoms with van der Waals surface area (Å²) in [6, 6.07) is 25.5. The van der Waals surface area contributed by atoms with Crippen LogP contribution in [0.2, 0.25) is 6.32 Å². The quantitative estimate of drug-likeness (QED) is 0.329. The van der Waals surface area contributed by atoms with Crippen molar-refractivity contribution in [3.63, 3.8) is 0 Å². The zero-order valence-electron chi connectivity index (χ0n) is 18.4. The van der Waals surface area contributed by atoms with E-state index in [9.17, 15) is 0 Å². The predicted octanol–water partition coefficient (Wildman–Crippen LogP) is 6.55. The minimum absolute atomic E-state index is 0.861. The Bertz CT molecular complexity index is 1070. The smallest absolute Gasteiger partial charge is 0.110 e. The maximum absolute atomic E-state index is 4.17. The fourth-order valence-electron chi connectivity index (χ4n) is 3.51. The molecule has 31 heavy (non-hydrogen) atoms. The number of imidazole rings is 1. The van der Waals surface area contributed by atoms with Gasteiger partial charge in [0.25, 0.3) is 0 Å². The molecule has 0 aliphatic carbocycles. The molecule has 0 aliphatic heterocycles. The summed E-state index contributed by atoms with van der Waals surface area (Å²) >= 11 is 3.40. The van der Waals surface area contributed by atoms with Crippen molar-refractivity contribution in [2.75, 3.05) is 0 Å². The molecule has 1 heterocycles. The number of aromatic amines is 1. The fraction of sp³-hybridized carbons (Fsp3) is 0.148. The molecule has 0 bridgehead atoms. The Balaban J connectivity index is 0.000000185. The number of aromatic nitrogens is 2. The van der Waals surface area contributed by atoms with Crippen LogP contribution in [0, 0.1) is 13.8 Å². The van der Waals surface area contributed by atoms with E-state index in [4.69, 9.17) is 0 Å². The van der Waals surface area contributed by atoms with Crippen LogP contribution in [0.1, 0.15) is 33.6 Å². The Morgan fingerprint density at radius 3 is 1.97 bits per heavy atom. The normalized spacial score (nSPS) is 10.2. The van der Waals surface area contributed by atoms with Crippen molar-refractivity contribution in [1.82, 2.24) is 9.97 Å². The highest BCUT2D eigenvalue weighted by atomic mass is 79.9. The second-order valence-corrected chi connectivity index (χ2v) is 8.41. The third kappa shape index (κ3) is 6.57. The molecule has 3 aromatic carbocycles. The van der Waals surface area contributed by atoms with Gasteiger partial charge in [0, 0.05) is 23.3 Å². The van der Waals surface area contributed by atoms with E-state index in [1.54, 1.807) is 6.20 Å². The van der Waals surface area contributed by atoms with Crippen LogP contribution in [0.25, 0.3) is 5.57 Å². The summed E-state index contributed by atoms with van der Waals surface area (Å²) < 4.78 is 1.11. The first-order chi connectivity index (χ1) is 15.1. The summed E-state index contributed by atoms with van der Waals surface area (Å²) in [6.45, 7) is 4.36. The van der Waals surface area contributed by atoms with Gasteiger partial charge in [0.1, 0.15) is 13.7 Å². The van der Waals surface area contributed by atoms with Gasteiger partial charge < -0.3 is 4.98 Å². The second-order valence-electron chi connectivity index (χ2n) is 7.50. The van der Waals surface area contributed by atoms with Crippen molar-refractivity contribution in [2.45, 2.75) is 26.6 Å². The number of H-pyrrole nitrogens is 1. The molecule has 0 saturated heterocycles. The molecule has 0 unspecified atom stereocenters. The molecule has 156 valence electrons. The monoisotopic (exact) mass is 470 g/mol. The van der Waals surface area contributed by atoms with Gasteiger partial charge in [-0.05, 0) is 59.4 Å². The van der Waals surface area contributed by atoms with Gasteiger partial charge in [-0.1, -0.05) is 89.0 Å². The fourth-order valence-corrected chi connectivity index (χ4v) is 3.77. The molecule has 4 rings (SSSR count). The van der Waals surface area contributed by atoms with Crippen LogP contribution in [0.15, 0.2) is 95.7 Å². The molecule has 0 spiro atoms. The zero-order valence-corrected chi connectivity index (χ0v) is 20.0. The molecule has 1 N–H and O–H groups in total. The maximum atomic E-state index is 4.17. The minimum atomic E-state index is 0.861. The molecule has 2 nitrogen and oxygen atoms in total. The standard InChI is InChI=1S/C17H19B.C10H9BrN2/c1-13-7-3-5-9-15(13)17(11-12-18)16-10-6-4-8-14(16)2;11-9-3-1-8(2-4-9)7-10-12-5-6-13-10/h3-11H,12,18H2,1-2H3;1-6H,7H2,(H,12,13). The largest absolute Gasteiger partial charge is 0.348 e. The number of hydrogen-bond donors (Lipinski definition) is 1. The van der Waals surface area contributed by atoms with Crippen molar-refractivity contribution in [2.24, 2.45) is 0 Å². The first-order valence-electron chi connectivity index (χ1n) is 10.6. The molecule has 0 fully saturated rings. The summed E-state index contributed by atoms with van der Waals surface area (Å²) in [5, 5.41) is 0. The third-order valence-corrected chi connectivity index (χ3v) is 5.65. The van der Waals surface area contributed by atoms with Gasteiger partial charge in [-0.2, -0.15) is 0 Å². The van der Waals surface area contributed by atoms with Gasteiger partial charge in [0.2, 0.25) is 0 Å². The van der Waals surface area contributed by atoms with Crippen molar-refractivity contribution >= 4 is 29.3 Å². The molecule has 0 aliphatic rings. The predicted molar refractivity (Wildman–Crippen MR) is 138 cm³/mol. The Hall–Kier alpha value is -2.85. The van der Waals surface area contributed by atoms with Crippen LogP contribution >= 0.6 is 15.9 Å². The minimum Gasteiger partial charge on any atom is -0.348 e. The summed E-state index contributed by atoms with van der Waals surface area (Å²) in [4.78, 5) is 7.24. The number of hydrogen-bond acceptors (Lipinski definition) is 1. The Morgan fingerprint density at radius 1 is 0.903 bits per heavy atom. The van der Waals surface area contributed by atoms with Gasteiger partial charge in [0.15, 0.2) is 0 Å². The van der Waals surface area contributed by atoms with Crippen LogP contribution in [-0.2, 0) is 6.42 Å². The van der Waals surface area contributed by atoms with E-state index >= 15 is 0 Å². The SMILES string of the molecule is BCC=C(c1ccccc1C)c1ccccc1C.Brc1ccc(Cc2ncc[nH]2)cc1. The topological polar surface area (TPSA) is 28.7 Å². The zero-order chi connectivity index (χ0) is 22.1. The third-order valence-electron chi connectivity index (χ3n) is 5.12. The van der Waals surface area contributed by atoms with E-state index in [2.05, 4.69) is 114 Å². The summed E-state index contributed by atoms with van der Waals surface area (Å²) in [5.41, 5.74) is 7.97. The average Bonchev–Trinajstić information content (AvgIpc) is 3.29. The van der Waals surface area contributed by atoms with Crippen molar-refractivity contribution in [3.8, 4) is 0 Å². The van der Waals surface area contributed by atoms with E-state index in [0.29, 0.717) is 0 Å². The second kappa shape index (κ2) is 11.5. The lowest BCUT2D eigenvalue weighted by atomic mass is 9.89. The van der Waals surface area contributed by atoms with Crippen LogP contribution in [0.3, 0.4) is 0 Å². The van der Waals surface area contributed by atoms with Crippen LogP contribution in [0.5, 0.6) is 0 Å².